The summed E-state index contributed by atoms with van der Waals surface area (Å²) in [5, 5.41) is 3.12. The monoisotopic (exact) mass is 339 g/mol. The Morgan fingerprint density at radius 3 is 2.62 bits per heavy atom. The van der Waals surface area contributed by atoms with E-state index < -0.39 is 11.9 Å². The molecule has 7 heteroatoms. The lowest BCUT2D eigenvalue weighted by Crippen LogP contribution is -2.15. The first-order valence-corrected chi connectivity index (χ1v) is 7.85. The highest BCUT2D eigenvalue weighted by atomic mass is 32.1. The summed E-state index contributed by atoms with van der Waals surface area (Å²) in [6, 6.07) is 11.3. The maximum absolute atomic E-state index is 12.3. The van der Waals surface area contributed by atoms with Crippen molar-refractivity contribution in [3.63, 3.8) is 0 Å². The van der Waals surface area contributed by atoms with E-state index >= 15 is 0 Å². The lowest BCUT2D eigenvalue weighted by molar-refractivity contribution is 0.0602. The second kappa shape index (κ2) is 7.01. The number of nitrogens with one attached hydrogen (secondary N) is 1. The molecule has 0 fully saturated rings. The molecule has 6 nitrogen and oxygen atoms in total. The van der Waals surface area contributed by atoms with Gasteiger partial charge in [0.2, 0.25) is 0 Å². The number of amides is 1. The van der Waals surface area contributed by atoms with E-state index in [2.05, 4.69) is 15.3 Å². The molecular weight excluding hydrogens is 326 g/mol. The zero-order valence-electron chi connectivity index (χ0n) is 12.7. The van der Waals surface area contributed by atoms with Crippen molar-refractivity contribution < 1.29 is 14.3 Å². The standard InChI is InChI=1S/C17H13N3O3S/c1-23-17(22)12-9-14(11-5-3-2-4-6-11)24-16(12)20-15(21)13-10-18-7-8-19-13/h2-10H,1H3,(H,20,21). The molecule has 3 rings (SSSR count). The van der Waals surface area contributed by atoms with E-state index in [0.717, 1.165) is 10.4 Å². The Morgan fingerprint density at radius 2 is 1.96 bits per heavy atom. The average molecular weight is 339 g/mol. The van der Waals surface area contributed by atoms with Crippen LogP contribution in [0.25, 0.3) is 10.4 Å². The van der Waals surface area contributed by atoms with Gasteiger partial charge in [0, 0.05) is 17.3 Å². The second-order valence-electron chi connectivity index (χ2n) is 4.76. The molecule has 0 aliphatic rings. The Bertz CT molecular complexity index is 863. The van der Waals surface area contributed by atoms with Gasteiger partial charge >= 0.3 is 5.97 Å². The summed E-state index contributed by atoms with van der Waals surface area (Å²) in [4.78, 5) is 32.9. The van der Waals surface area contributed by atoms with Crippen molar-refractivity contribution in [3.8, 4) is 10.4 Å². The molecule has 0 unspecified atom stereocenters. The van der Waals surface area contributed by atoms with Crippen molar-refractivity contribution >= 4 is 28.2 Å². The van der Waals surface area contributed by atoms with Gasteiger partial charge in [-0.15, -0.1) is 11.3 Å². The Kier molecular flexibility index (Phi) is 4.62. The smallest absolute Gasteiger partial charge is 0.340 e. The van der Waals surface area contributed by atoms with Crippen LogP contribution in [0.1, 0.15) is 20.8 Å². The third-order valence-corrected chi connectivity index (χ3v) is 4.32. The van der Waals surface area contributed by atoms with Gasteiger partial charge in [-0.25, -0.2) is 9.78 Å². The van der Waals surface area contributed by atoms with Crippen molar-refractivity contribution in [3.05, 3.63) is 66.2 Å². The molecule has 0 spiro atoms. The highest BCUT2D eigenvalue weighted by Crippen LogP contribution is 2.36. The fourth-order valence-electron chi connectivity index (χ4n) is 2.07. The largest absolute Gasteiger partial charge is 0.465 e. The Labute approximate surface area is 142 Å². The van der Waals surface area contributed by atoms with Crippen molar-refractivity contribution in [2.75, 3.05) is 12.4 Å². The molecule has 0 radical (unpaired) electrons. The molecule has 0 aliphatic carbocycles. The molecule has 1 amide bonds. The molecule has 120 valence electrons. The second-order valence-corrected chi connectivity index (χ2v) is 5.81. The molecule has 0 saturated carbocycles. The van der Waals surface area contributed by atoms with E-state index in [1.54, 1.807) is 6.07 Å². The van der Waals surface area contributed by atoms with Gasteiger partial charge in [-0.1, -0.05) is 30.3 Å². The Balaban J connectivity index is 1.95. The molecule has 1 N–H and O–H groups in total. The number of thiophene rings is 1. The minimum atomic E-state index is -0.511. The summed E-state index contributed by atoms with van der Waals surface area (Å²) in [5.41, 5.74) is 1.43. The van der Waals surface area contributed by atoms with Gasteiger partial charge in [-0.2, -0.15) is 0 Å². The molecular formula is C17H13N3O3S. The van der Waals surface area contributed by atoms with Crippen LogP contribution in [0.4, 0.5) is 5.00 Å². The van der Waals surface area contributed by atoms with Crippen LogP contribution in [0.5, 0.6) is 0 Å². The summed E-state index contributed by atoms with van der Waals surface area (Å²) < 4.78 is 4.80. The average Bonchev–Trinajstić information content (AvgIpc) is 3.06. The van der Waals surface area contributed by atoms with Gasteiger partial charge in [0.25, 0.3) is 5.91 Å². The highest BCUT2D eigenvalue weighted by Gasteiger charge is 2.20. The third-order valence-electron chi connectivity index (χ3n) is 3.22. The predicted octanol–water partition coefficient (Wildman–Crippen LogP) is 3.24. The van der Waals surface area contributed by atoms with Crippen LogP contribution in [0.15, 0.2) is 55.0 Å². The third kappa shape index (κ3) is 3.31. The molecule has 0 saturated heterocycles. The van der Waals surface area contributed by atoms with Crippen LogP contribution in [-0.2, 0) is 4.74 Å². The van der Waals surface area contributed by atoms with Crippen LogP contribution in [-0.4, -0.2) is 29.0 Å². The fraction of sp³-hybridized carbons (Fsp3) is 0.0588. The molecule has 0 atom stereocenters. The first-order chi connectivity index (χ1) is 11.7. The minimum Gasteiger partial charge on any atom is -0.465 e. The number of esters is 1. The molecule has 0 aliphatic heterocycles. The number of aromatic nitrogens is 2. The van der Waals surface area contributed by atoms with Gasteiger partial charge in [-0.05, 0) is 11.6 Å². The van der Waals surface area contributed by atoms with Crippen LogP contribution in [0.3, 0.4) is 0 Å². The predicted molar refractivity (Wildman–Crippen MR) is 91.1 cm³/mol. The van der Waals surface area contributed by atoms with E-state index in [4.69, 9.17) is 4.74 Å². The normalized spacial score (nSPS) is 10.2. The van der Waals surface area contributed by atoms with Crippen molar-refractivity contribution in [1.29, 1.82) is 0 Å². The molecule has 2 heterocycles. The Morgan fingerprint density at radius 1 is 1.17 bits per heavy atom. The fourth-order valence-corrected chi connectivity index (χ4v) is 3.12. The van der Waals surface area contributed by atoms with Crippen molar-refractivity contribution in [2.24, 2.45) is 0 Å². The lowest BCUT2D eigenvalue weighted by atomic mass is 10.1. The van der Waals surface area contributed by atoms with Gasteiger partial charge in [0.05, 0.1) is 18.9 Å². The number of rotatable bonds is 4. The van der Waals surface area contributed by atoms with Gasteiger partial charge in [-0.3, -0.25) is 9.78 Å². The van der Waals surface area contributed by atoms with E-state index in [1.165, 1.54) is 37.0 Å². The van der Waals surface area contributed by atoms with Crippen LogP contribution < -0.4 is 5.32 Å². The number of anilines is 1. The first-order valence-electron chi connectivity index (χ1n) is 7.04. The zero-order chi connectivity index (χ0) is 16.9. The number of nitrogens with zero attached hydrogens (tertiary/aromatic N) is 2. The number of carbonyl (C=O) groups is 2. The number of hydrogen-bond donors (Lipinski definition) is 1. The number of methoxy groups -OCH3 is 1. The molecule has 1 aromatic carbocycles. The lowest BCUT2D eigenvalue weighted by Gasteiger charge is -2.04. The van der Waals surface area contributed by atoms with Gasteiger partial charge in [0.1, 0.15) is 10.7 Å². The van der Waals surface area contributed by atoms with E-state index in [1.807, 2.05) is 30.3 Å². The van der Waals surface area contributed by atoms with Crippen LogP contribution in [0.2, 0.25) is 0 Å². The Hall–Kier alpha value is -3.06. The van der Waals surface area contributed by atoms with E-state index in [9.17, 15) is 9.59 Å². The summed E-state index contributed by atoms with van der Waals surface area (Å²) in [5.74, 6) is -0.947. The molecule has 2 aromatic heterocycles. The van der Waals surface area contributed by atoms with Crippen LogP contribution >= 0.6 is 11.3 Å². The number of ether oxygens (including phenoxy) is 1. The summed E-state index contributed by atoms with van der Waals surface area (Å²) in [6.45, 7) is 0. The van der Waals surface area contributed by atoms with Gasteiger partial charge in [0.15, 0.2) is 0 Å². The first kappa shape index (κ1) is 15.8. The molecule has 0 bridgehead atoms. The number of carbonyl (C=O) groups excluding carboxylic acids is 2. The summed E-state index contributed by atoms with van der Waals surface area (Å²) in [6.07, 6.45) is 4.27. The molecule has 3 aromatic rings. The SMILES string of the molecule is COC(=O)c1cc(-c2ccccc2)sc1NC(=O)c1cnccn1. The maximum atomic E-state index is 12.3. The summed E-state index contributed by atoms with van der Waals surface area (Å²) >= 11 is 1.30. The van der Waals surface area contributed by atoms with Crippen molar-refractivity contribution in [2.45, 2.75) is 0 Å². The minimum absolute atomic E-state index is 0.169. The van der Waals surface area contributed by atoms with Crippen LogP contribution in [0, 0.1) is 0 Å². The maximum Gasteiger partial charge on any atom is 0.340 e. The number of benzene rings is 1. The van der Waals surface area contributed by atoms with Crippen molar-refractivity contribution in [1.82, 2.24) is 9.97 Å². The quantitative estimate of drug-likeness (QED) is 0.738. The number of hydrogen-bond acceptors (Lipinski definition) is 6. The highest BCUT2D eigenvalue weighted by molar-refractivity contribution is 7.20. The summed E-state index contributed by atoms with van der Waals surface area (Å²) in [7, 11) is 1.30. The van der Waals surface area contributed by atoms with Gasteiger partial charge < -0.3 is 10.1 Å². The van der Waals surface area contributed by atoms with E-state index in [-0.39, 0.29) is 5.69 Å². The molecule has 24 heavy (non-hydrogen) atoms. The van der Waals surface area contributed by atoms with E-state index in [0.29, 0.717) is 10.6 Å². The zero-order valence-corrected chi connectivity index (χ0v) is 13.5. The topological polar surface area (TPSA) is 81.2 Å².